The van der Waals surface area contributed by atoms with Crippen LogP contribution in [0.3, 0.4) is 0 Å². The number of nitrogens with one attached hydrogen (secondary N) is 1. The number of amides is 1. The van der Waals surface area contributed by atoms with Crippen LogP contribution in [0.1, 0.15) is 10.5 Å². The van der Waals surface area contributed by atoms with Crippen molar-refractivity contribution < 1.29 is 19.1 Å². The Morgan fingerprint density at radius 1 is 1.33 bits per heavy atom. The van der Waals surface area contributed by atoms with Crippen molar-refractivity contribution in [2.75, 3.05) is 26.6 Å². The van der Waals surface area contributed by atoms with Gasteiger partial charge in [-0.05, 0) is 12.1 Å². The summed E-state index contributed by atoms with van der Waals surface area (Å²) in [4.78, 5) is 31.1. The molecule has 3 N–H and O–H groups in total. The standard InChI is InChI=1S/C13H16N4O4/c1-15-7-8(11(14)20-2)12(18)17-10-6-4-5-9(16-10)13(19)21-3/h4-7H,14H2,1-3H3,(H,16,17,18)/b11-8-,15-7?. The molecule has 0 aliphatic carbocycles. The Hall–Kier alpha value is -2.90. The Labute approximate surface area is 121 Å². The van der Waals surface area contributed by atoms with E-state index in [0.29, 0.717) is 0 Å². The van der Waals surface area contributed by atoms with Gasteiger partial charge in [0.2, 0.25) is 0 Å². The van der Waals surface area contributed by atoms with Crippen molar-refractivity contribution in [1.29, 1.82) is 0 Å². The largest absolute Gasteiger partial charge is 0.482 e. The summed E-state index contributed by atoms with van der Waals surface area (Å²) in [5.41, 5.74) is 5.69. The fourth-order valence-electron chi connectivity index (χ4n) is 1.38. The molecule has 8 heteroatoms. The van der Waals surface area contributed by atoms with Gasteiger partial charge in [-0.3, -0.25) is 9.79 Å². The molecule has 0 spiro atoms. The first-order valence-electron chi connectivity index (χ1n) is 5.86. The second kappa shape index (κ2) is 7.63. The van der Waals surface area contributed by atoms with E-state index in [0.717, 1.165) is 0 Å². The molecule has 1 aromatic rings. The van der Waals surface area contributed by atoms with Crippen LogP contribution < -0.4 is 11.1 Å². The number of nitrogens with two attached hydrogens (primary N) is 1. The Bertz CT molecular complexity index is 596. The summed E-state index contributed by atoms with van der Waals surface area (Å²) in [7, 11) is 4.07. The maximum Gasteiger partial charge on any atom is 0.356 e. The minimum absolute atomic E-state index is 0.0465. The lowest BCUT2D eigenvalue weighted by Crippen LogP contribution is -2.21. The van der Waals surface area contributed by atoms with Crippen molar-refractivity contribution in [3.8, 4) is 0 Å². The number of aliphatic imine (C=N–C) groups is 1. The number of hydrogen-bond donors (Lipinski definition) is 2. The van der Waals surface area contributed by atoms with E-state index in [1.807, 2.05) is 0 Å². The lowest BCUT2D eigenvalue weighted by Gasteiger charge is -2.08. The molecule has 0 atom stereocenters. The van der Waals surface area contributed by atoms with Crippen molar-refractivity contribution >= 4 is 23.9 Å². The van der Waals surface area contributed by atoms with Gasteiger partial charge in [-0.1, -0.05) is 6.07 Å². The van der Waals surface area contributed by atoms with Crippen LogP contribution in [0, 0.1) is 0 Å². The molecule has 0 radical (unpaired) electrons. The Balaban J connectivity index is 3.00. The lowest BCUT2D eigenvalue weighted by molar-refractivity contribution is -0.112. The van der Waals surface area contributed by atoms with Gasteiger partial charge >= 0.3 is 5.97 Å². The number of aromatic nitrogens is 1. The molecule has 0 saturated heterocycles. The SMILES string of the molecule is CN=C/C(C(=O)Nc1cccc(C(=O)OC)n1)=C(\N)OC. The van der Waals surface area contributed by atoms with E-state index in [1.54, 1.807) is 6.07 Å². The van der Waals surface area contributed by atoms with Gasteiger partial charge in [-0.15, -0.1) is 0 Å². The summed E-state index contributed by atoms with van der Waals surface area (Å²) < 4.78 is 9.37. The Morgan fingerprint density at radius 2 is 2.05 bits per heavy atom. The van der Waals surface area contributed by atoms with Crippen LogP contribution in [-0.2, 0) is 14.3 Å². The topological polar surface area (TPSA) is 116 Å². The van der Waals surface area contributed by atoms with Crippen molar-refractivity contribution in [3.05, 3.63) is 35.3 Å². The smallest absolute Gasteiger partial charge is 0.356 e. The number of anilines is 1. The Morgan fingerprint density at radius 3 is 2.62 bits per heavy atom. The number of hydrogen-bond acceptors (Lipinski definition) is 7. The molecular formula is C13H16N4O4. The minimum Gasteiger partial charge on any atom is -0.482 e. The molecule has 0 aliphatic rings. The predicted molar refractivity (Wildman–Crippen MR) is 76.8 cm³/mol. The van der Waals surface area contributed by atoms with Gasteiger partial charge in [0.25, 0.3) is 5.91 Å². The van der Waals surface area contributed by atoms with Crippen molar-refractivity contribution in [2.45, 2.75) is 0 Å². The van der Waals surface area contributed by atoms with Gasteiger partial charge in [-0.2, -0.15) is 0 Å². The molecule has 0 unspecified atom stereocenters. The van der Waals surface area contributed by atoms with Gasteiger partial charge < -0.3 is 20.5 Å². The summed E-state index contributed by atoms with van der Waals surface area (Å²) in [5, 5.41) is 2.49. The van der Waals surface area contributed by atoms with Crippen LogP contribution in [0.2, 0.25) is 0 Å². The van der Waals surface area contributed by atoms with Gasteiger partial charge in [0.1, 0.15) is 11.4 Å². The minimum atomic E-state index is -0.603. The summed E-state index contributed by atoms with van der Waals surface area (Å²) >= 11 is 0. The lowest BCUT2D eigenvalue weighted by atomic mass is 10.2. The molecule has 1 aromatic heterocycles. The van der Waals surface area contributed by atoms with Gasteiger partial charge in [0.15, 0.2) is 11.6 Å². The first-order chi connectivity index (χ1) is 10.0. The average molecular weight is 292 g/mol. The first kappa shape index (κ1) is 16.2. The van der Waals surface area contributed by atoms with Gasteiger partial charge in [0.05, 0.1) is 14.2 Å². The third kappa shape index (κ3) is 4.30. The third-order valence-corrected chi connectivity index (χ3v) is 2.37. The highest BCUT2D eigenvalue weighted by molar-refractivity contribution is 6.17. The van der Waals surface area contributed by atoms with E-state index in [1.165, 1.54) is 39.6 Å². The fourth-order valence-corrected chi connectivity index (χ4v) is 1.38. The zero-order chi connectivity index (χ0) is 15.8. The molecule has 0 fully saturated rings. The van der Waals surface area contributed by atoms with E-state index in [4.69, 9.17) is 10.5 Å². The van der Waals surface area contributed by atoms with Crippen LogP contribution in [0.25, 0.3) is 0 Å². The summed E-state index contributed by atoms with van der Waals surface area (Å²) in [6.45, 7) is 0. The maximum atomic E-state index is 12.1. The second-order valence-electron chi connectivity index (χ2n) is 3.72. The van der Waals surface area contributed by atoms with Crippen molar-refractivity contribution in [1.82, 2.24) is 4.98 Å². The maximum absolute atomic E-state index is 12.1. The van der Waals surface area contributed by atoms with E-state index in [9.17, 15) is 9.59 Å². The number of esters is 1. The van der Waals surface area contributed by atoms with E-state index >= 15 is 0 Å². The highest BCUT2D eigenvalue weighted by atomic mass is 16.5. The summed E-state index contributed by atoms with van der Waals surface area (Å²) in [6.07, 6.45) is 1.26. The van der Waals surface area contributed by atoms with Crippen LogP contribution in [0.4, 0.5) is 5.82 Å². The van der Waals surface area contributed by atoms with Crippen LogP contribution >= 0.6 is 0 Å². The van der Waals surface area contributed by atoms with E-state index in [-0.39, 0.29) is 23.0 Å². The van der Waals surface area contributed by atoms with Crippen LogP contribution in [0.5, 0.6) is 0 Å². The number of nitrogens with zero attached hydrogens (tertiary/aromatic N) is 2. The summed E-state index contributed by atoms with van der Waals surface area (Å²) in [6, 6.07) is 4.55. The number of methoxy groups -OCH3 is 2. The number of pyridine rings is 1. The molecule has 0 aromatic carbocycles. The van der Waals surface area contributed by atoms with E-state index in [2.05, 4.69) is 20.0 Å². The zero-order valence-electron chi connectivity index (χ0n) is 11.9. The Kier molecular flexibility index (Phi) is 5.87. The number of rotatable bonds is 5. The first-order valence-corrected chi connectivity index (χ1v) is 5.86. The highest BCUT2D eigenvalue weighted by Crippen LogP contribution is 2.08. The molecule has 112 valence electrons. The molecule has 1 amide bonds. The zero-order valence-corrected chi connectivity index (χ0v) is 11.9. The second-order valence-corrected chi connectivity index (χ2v) is 3.72. The highest BCUT2D eigenvalue weighted by Gasteiger charge is 2.15. The van der Waals surface area contributed by atoms with Crippen LogP contribution in [0.15, 0.2) is 34.6 Å². The number of carbonyl (C=O) groups excluding carboxylic acids is 2. The molecule has 1 heterocycles. The van der Waals surface area contributed by atoms with Crippen LogP contribution in [-0.4, -0.2) is 44.3 Å². The molecule has 0 bridgehead atoms. The quantitative estimate of drug-likeness (QED) is 0.349. The molecule has 1 rings (SSSR count). The third-order valence-electron chi connectivity index (χ3n) is 2.37. The van der Waals surface area contributed by atoms with Gasteiger partial charge in [0, 0.05) is 13.3 Å². The van der Waals surface area contributed by atoms with Crippen molar-refractivity contribution in [2.24, 2.45) is 10.7 Å². The summed E-state index contributed by atoms with van der Waals surface area (Å²) in [5.74, 6) is -1.07. The van der Waals surface area contributed by atoms with Gasteiger partial charge in [-0.25, -0.2) is 9.78 Å². The van der Waals surface area contributed by atoms with E-state index < -0.39 is 11.9 Å². The number of ether oxygens (including phenoxy) is 2. The van der Waals surface area contributed by atoms with Crippen molar-refractivity contribution in [3.63, 3.8) is 0 Å². The number of carbonyl (C=O) groups is 2. The molecule has 0 saturated carbocycles. The molecule has 21 heavy (non-hydrogen) atoms. The molecule has 8 nitrogen and oxygen atoms in total. The molecular weight excluding hydrogens is 276 g/mol. The molecule has 0 aliphatic heterocycles. The predicted octanol–water partition coefficient (Wildman–Crippen LogP) is 0.324. The average Bonchev–Trinajstić information content (AvgIpc) is 2.51. The fraction of sp³-hybridized carbons (Fsp3) is 0.231. The monoisotopic (exact) mass is 292 g/mol. The normalized spacial score (nSPS) is 11.8.